The van der Waals surface area contributed by atoms with Crippen LogP contribution >= 0.6 is 0 Å². The lowest BCUT2D eigenvalue weighted by molar-refractivity contribution is 0.0503. The van der Waals surface area contributed by atoms with Crippen LogP contribution in [-0.2, 0) is 26.2 Å². The first-order valence-corrected chi connectivity index (χ1v) is 14.1. The fraction of sp³-hybridized carbons (Fsp3) is 0.257. The molecule has 43 heavy (non-hydrogen) atoms. The second-order valence-corrected chi connectivity index (χ2v) is 10.4. The van der Waals surface area contributed by atoms with Crippen molar-refractivity contribution in [2.45, 2.75) is 32.0 Å². The molecule has 0 aromatic heterocycles. The van der Waals surface area contributed by atoms with E-state index in [9.17, 15) is 9.59 Å². The Bertz CT molecular complexity index is 1770. The maximum atomic E-state index is 13.4. The maximum Gasteiger partial charge on any atom is 0.339 e. The second-order valence-electron chi connectivity index (χ2n) is 10.4. The minimum absolute atomic E-state index is 0.0451. The molecule has 220 valence electrons. The zero-order valence-electron chi connectivity index (χ0n) is 24.7. The molecular weight excluding hydrogens is 548 g/mol. The van der Waals surface area contributed by atoms with Crippen molar-refractivity contribution in [3.8, 4) is 17.2 Å². The zero-order valence-corrected chi connectivity index (χ0v) is 24.7. The minimum Gasteiger partial charge on any atom is -0.497 e. The summed E-state index contributed by atoms with van der Waals surface area (Å²) in [6, 6.07) is 20.9. The van der Waals surface area contributed by atoms with Crippen LogP contribution in [0.25, 0.3) is 16.8 Å². The quantitative estimate of drug-likeness (QED) is 0.230. The summed E-state index contributed by atoms with van der Waals surface area (Å²) in [5, 5.41) is 1.14. The molecule has 2 aliphatic rings. The Morgan fingerprint density at radius 3 is 2.28 bits per heavy atom. The fourth-order valence-corrected chi connectivity index (χ4v) is 6.08. The van der Waals surface area contributed by atoms with E-state index in [0.717, 1.165) is 28.9 Å². The van der Waals surface area contributed by atoms with E-state index in [4.69, 9.17) is 28.4 Å². The summed E-state index contributed by atoms with van der Waals surface area (Å²) < 4.78 is 35.3. The molecule has 0 saturated carbocycles. The number of hydrogen-bond acceptors (Lipinski definition) is 8. The predicted molar refractivity (Wildman–Crippen MR) is 161 cm³/mol. The van der Waals surface area contributed by atoms with E-state index in [1.807, 2.05) is 55.5 Å². The molecule has 4 aromatic rings. The number of esters is 2. The first-order chi connectivity index (χ1) is 20.9. The Kier molecular flexibility index (Phi) is 7.22. The van der Waals surface area contributed by atoms with Gasteiger partial charge in [0, 0.05) is 33.9 Å². The predicted octanol–water partition coefficient (Wildman–Crippen LogP) is 6.46. The molecule has 0 aliphatic carbocycles. The Morgan fingerprint density at radius 2 is 1.60 bits per heavy atom. The van der Waals surface area contributed by atoms with Gasteiger partial charge in [-0.15, -0.1) is 0 Å². The smallest absolute Gasteiger partial charge is 0.339 e. The third-order valence-electron chi connectivity index (χ3n) is 7.97. The van der Waals surface area contributed by atoms with E-state index in [1.54, 1.807) is 39.4 Å². The fourth-order valence-electron chi connectivity index (χ4n) is 6.08. The van der Waals surface area contributed by atoms with E-state index in [1.165, 1.54) is 7.11 Å². The maximum absolute atomic E-state index is 13.4. The molecule has 2 atom stereocenters. The van der Waals surface area contributed by atoms with Gasteiger partial charge < -0.3 is 28.4 Å². The van der Waals surface area contributed by atoms with Crippen LogP contribution in [0, 0.1) is 0 Å². The van der Waals surface area contributed by atoms with Crippen LogP contribution in [-0.4, -0.2) is 46.0 Å². The third kappa shape index (κ3) is 4.45. The van der Waals surface area contributed by atoms with Gasteiger partial charge >= 0.3 is 11.9 Å². The van der Waals surface area contributed by atoms with E-state index in [0.29, 0.717) is 33.6 Å². The van der Waals surface area contributed by atoms with E-state index in [2.05, 4.69) is 6.07 Å². The van der Waals surface area contributed by atoms with Gasteiger partial charge in [0.2, 0.25) is 5.60 Å². The van der Waals surface area contributed by atoms with Crippen molar-refractivity contribution in [3.05, 3.63) is 106 Å². The molecule has 0 amide bonds. The van der Waals surface area contributed by atoms with Crippen molar-refractivity contribution in [1.82, 2.24) is 0 Å². The highest BCUT2D eigenvalue weighted by Crippen LogP contribution is 2.52. The summed E-state index contributed by atoms with van der Waals surface area (Å²) in [6.07, 6.45) is 2.57. The molecule has 0 bridgehead atoms. The molecule has 0 fully saturated rings. The van der Waals surface area contributed by atoms with Crippen LogP contribution in [0.1, 0.15) is 56.8 Å². The molecule has 4 aromatic carbocycles. The van der Waals surface area contributed by atoms with Crippen molar-refractivity contribution in [3.63, 3.8) is 0 Å². The Balaban J connectivity index is 1.70. The molecule has 0 saturated heterocycles. The highest BCUT2D eigenvalue weighted by molar-refractivity contribution is 6.17. The van der Waals surface area contributed by atoms with E-state index >= 15 is 0 Å². The first-order valence-electron chi connectivity index (χ1n) is 14.1. The minimum atomic E-state index is -1.27. The second kappa shape index (κ2) is 11.0. The van der Waals surface area contributed by atoms with Crippen molar-refractivity contribution in [2.75, 3.05) is 27.9 Å². The molecule has 2 aliphatic heterocycles. The number of methoxy groups -OCH3 is 3. The Labute approximate surface area is 249 Å². The van der Waals surface area contributed by atoms with Crippen molar-refractivity contribution < 1.29 is 38.0 Å². The molecule has 8 heteroatoms. The number of carbonyl (C=O) groups is 2. The Morgan fingerprint density at radius 1 is 0.884 bits per heavy atom. The molecule has 0 radical (unpaired) electrons. The van der Waals surface area contributed by atoms with Crippen LogP contribution in [0.2, 0.25) is 0 Å². The SMILES string of the molecule is CCOC(=O)c1c(C(=O)OC)c2c(c3ccccc13)OC(c1ccc(OC)cc1)(c1ccc3c(c1)CC(C)O3)C(OC)=C2. The lowest BCUT2D eigenvalue weighted by atomic mass is 9.79. The van der Waals surface area contributed by atoms with E-state index in [-0.39, 0.29) is 23.8 Å². The van der Waals surface area contributed by atoms with Crippen LogP contribution in [0.5, 0.6) is 17.2 Å². The van der Waals surface area contributed by atoms with Gasteiger partial charge in [-0.25, -0.2) is 9.59 Å². The zero-order chi connectivity index (χ0) is 30.3. The molecule has 2 heterocycles. The van der Waals surface area contributed by atoms with Gasteiger partial charge in [-0.1, -0.05) is 42.5 Å². The summed E-state index contributed by atoms with van der Waals surface area (Å²) in [7, 11) is 4.45. The van der Waals surface area contributed by atoms with Gasteiger partial charge in [-0.2, -0.15) is 0 Å². The summed E-state index contributed by atoms with van der Waals surface area (Å²) in [4.78, 5) is 26.8. The van der Waals surface area contributed by atoms with Gasteiger partial charge in [0.1, 0.15) is 29.1 Å². The molecule has 6 rings (SSSR count). The standard InChI is InChI=1S/C35H32O8/c1-6-41-34(37)30-25-9-7-8-10-26(25)32-27(31(30)33(36)40-5)19-29(39-4)35(43-32,22-11-14-24(38-3)15-12-22)23-13-16-28-21(18-23)17-20(2)42-28/h7-16,18-20H,6,17H2,1-5H3. The lowest BCUT2D eigenvalue weighted by Gasteiger charge is -2.40. The van der Waals surface area contributed by atoms with E-state index < -0.39 is 17.5 Å². The van der Waals surface area contributed by atoms with Gasteiger partial charge in [0.05, 0.1) is 39.1 Å². The highest BCUT2D eigenvalue weighted by atomic mass is 16.6. The normalized spacial score (nSPS) is 18.4. The molecule has 8 nitrogen and oxygen atoms in total. The molecule has 0 N–H and O–H groups in total. The van der Waals surface area contributed by atoms with Crippen molar-refractivity contribution in [2.24, 2.45) is 0 Å². The van der Waals surface area contributed by atoms with Crippen LogP contribution in [0.3, 0.4) is 0 Å². The number of ether oxygens (including phenoxy) is 6. The van der Waals surface area contributed by atoms with Crippen LogP contribution in [0.4, 0.5) is 0 Å². The summed E-state index contributed by atoms with van der Waals surface area (Å²) in [5.41, 5.74) is 1.90. The van der Waals surface area contributed by atoms with Crippen LogP contribution < -0.4 is 14.2 Å². The van der Waals surface area contributed by atoms with Crippen molar-refractivity contribution >= 4 is 28.8 Å². The Hall–Kier alpha value is -4.98. The lowest BCUT2D eigenvalue weighted by Crippen LogP contribution is -2.40. The number of benzene rings is 4. The van der Waals surface area contributed by atoms with Gasteiger partial charge in [-0.05, 0) is 49.8 Å². The summed E-state index contributed by atoms with van der Waals surface area (Å²) >= 11 is 0. The van der Waals surface area contributed by atoms with Gasteiger partial charge in [0.25, 0.3) is 0 Å². The summed E-state index contributed by atoms with van der Waals surface area (Å²) in [6.45, 7) is 3.89. The average Bonchev–Trinajstić information content (AvgIpc) is 3.42. The summed E-state index contributed by atoms with van der Waals surface area (Å²) in [5.74, 6) is 1.01. The number of hydrogen-bond donors (Lipinski definition) is 0. The van der Waals surface area contributed by atoms with Crippen LogP contribution in [0.15, 0.2) is 72.5 Å². The van der Waals surface area contributed by atoms with Gasteiger partial charge in [-0.3, -0.25) is 0 Å². The third-order valence-corrected chi connectivity index (χ3v) is 7.97. The monoisotopic (exact) mass is 580 g/mol. The van der Waals surface area contributed by atoms with Gasteiger partial charge in [0.15, 0.2) is 0 Å². The molecular formula is C35H32O8. The largest absolute Gasteiger partial charge is 0.497 e. The number of fused-ring (bicyclic) bond motifs is 4. The number of rotatable bonds is 7. The highest BCUT2D eigenvalue weighted by Gasteiger charge is 2.48. The van der Waals surface area contributed by atoms with Crippen molar-refractivity contribution in [1.29, 1.82) is 0 Å². The molecule has 0 spiro atoms. The topological polar surface area (TPSA) is 89.5 Å². The number of carbonyl (C=O) groups excluding carboxylic acids is 2. The molecule has 2 unspecified atom stereocenters. The average molecular weight is 581 g/mol. The first kappa shape index (κ1) is 28.2.